The van der Waals surface area contributed by atoms with Gasteiger partial charge in [0.25, 0.3) is 0 Å². The summed E-state index contributed by atoms with van der Waals surface area (Å²) in [7, 11) is 2.22. The van der Waals surface area contributed by atoms with Crippen molar-refractivity contribution in [2.75, 3.05) is 66.0 Å². The van der Waals surface area contributed by atoms with Crippen LogP contribution < -0.4 is 5.32 Å². The van der Waals surface area contributed by atoms with E-state index in [-0.39, 0.29) is 0 Å². The van der Waals surface area contributed by atoms with Gasteiger partial charge in [-0.15, -0.1) is 0 Å². The molecule has 0 bridgehead atoms. The highest BCUT2D eigenvalue weighted by Gasteiger charge is 2.25. The van der Waals surface area contributed by atoms with Gasteiger partial charge in [-0.3, -0.25) is 4.99 Å². The number of likely N-dealkylation sites (N-methyl/N-ethyl adjacent to an activating group) is 1. The summed E-state index contributed by atoms with van der Waals surface area (Å²) in [6.07, 6.45) is 3.65. The zero-order valence-corrected chi connectivity index (χ0v) is 17.2. The minimum Gasteiger partial charge on any atom is -0.357 e. The molecule has 0 aromatic heterocycles. The van der Waals surface area contributed by atoms with E-state index in [1.54, 1.807) is 0 Å². The van der Waals surface area contributed by atoms with Crippen LogP contribution in [-0.2, 0) is 0 Å². The van der Waals surface area contributed by atoms with E-state index in [0.29, 0.717) is 5.92 Å². The highest BCUT2D eigenvalue weighted by molar-refractivity contribution is 5.80. The van der Waals surface area contributed by atoms with E-state index in [9.17, 15) is 0 Å². The summed E-state index contributed by atoms with van der Waals surface area (Å²) in [5.74, 6) is 1.74. The number of nitrogens with one attached hydrogen (secondary N) is 1. The first-order valence-corrected chi connectivity index (χ1v) is 10.8. The molecule has 150 valence electrons. The second-order valence-corrected chi connectivity index (χ2v) is 7.93. The van der Waals surface area contributed by atoms with Gasteiger partial charge >= 0.3 is 0 Å². The van der Waals surface area contributed by atoms with Crippen molar-refractivity contribution in [3.8, 4) is 0 Å². The van der Waals surface area contributed by atoms with Crippen LogP contribution in [0.15, 0.2) is 35.3 Å². The van der Waals surface area contributed by atoms with Crippen LogP contribution >= 0.6 is 0 Å². The Morgan fingerprint density at radius 2 is 1.85 bits per heavy atom. The van der Waals surface area contributed by atoms with Crippen molar-refractivity contribution in [2.45, 2.75) is 32.1 Å². The van der Waals surface area contributed by atoms with Gasteiger partial charge in [-0.2, -0.15) is 0 Å². The molecule has 0 radical (unpaired) electrons. The standard InChI is InChI=1S/C22H37N5/c1-3-23-22(24-12-7-8-13-26-17-15-25(2)16-18-26)27-14-11-21(19-27)20-9-5-4-6-10-20/h4-6,9-10,21H,3,7-8,11-19H2,1-2H3,(H,23,24). The Balaban J connectivity index is 1.41. The van der Waals surface area contributed by atoms with Crippen molar-refractivity contribution in [2.24, 2.45) is 4.99 Å². The van der Waals surface area contributed by atoms with Crippen LogP contribution in [0.2, 0.25) is 0 Å². The lowest BCUT2D eigenvalue weighted by atomic mass is 9.99. The predicted octanol–water partition coefficient (Wildman–Crippen LogP) is 2.47. The van der Waals surface area contributed by atoms with Gasteiger partial charge in [-0.25, -0.2) is 0 Å². The maximum Gasteiger partial charge on any atom is 0.193 e. The molecular weight excluding hydrogens is 334 g/mol. The quantitative estimate of drug-likeness (QED) is 0.454. The van der Waals surface area contributed by atoms with Crippen molar-refractivity contribution in [3.05, 3.63) is 35.9 Å². The minimum absolute atomic E-state index is 0.632. The van der Waals surface area contributed by atoms with Gasteiger partial charge in [0.15, 0.2) is 5.96 Å². The molecule has 2 saturated heterocycles. The summed E-state index contributed by atoms with van der Waals surface area (Å²) in [6.45, 7) is 12.3. The number of guanidine groups is 1. The summed E-state index contributed by atoms with van der Waals surface area (Å²) in [6, 6.07) is 10.9. The number of likely N-dealkylation sites (tertiary alicyclic amines) is 1. The van der Waals surface area contributed by atoms with Gasteiger partial charge < -0.3 is 20.0 Å². The van der Waals surface area contributed by atoms with Crippen molar-refractivity contribution >= 4 is 5.96 Å². The van der Waals surface area contributed by atoms with Crippen molar-refractivity contribution in [1.29, 1.82) is 0 Å². The Labute approximate surface area is 165 Å². The fourth-order valence-corrected chi connectivity index (χ4v) is 4.08. The summed E-state index contributed by atoms with van der Waals surface area (Å²) in [4.78, 5) is 12.4. The summed E-state index contributed by atoms with van der Waals surface area (Å²) >= 11 is 0. The summed E-state index contributed by atoms with van der Waals surface area (Å²) in [5, 5.41) is 3.50. The number of benzene rings is 1. The first kappa shape index (κ1) is 20.2. The number of piperazine rings is 1. The smallest absolute Gasteiger partial charge is 0.193 e. The second kappa shape index (κ2) is 10.7. The Kier molecular flexibility index (Phi) is 7.96. The molecule has 2 heterocycles. The normalized spacial score (nSPS) is 22.4. The molecule has 0 amide bonds. The van der Waals surface area contributed by atoms with Crippen LogP contribution in [0.5, 0.6) is 0 Å². The molecule has 2 aliphatic heterocycles. The molecule has 27 heavy (non-hydrogen) atoms. The van der Waals surface area contributed by atoms with Crippen molar-refractivity contribution < 1.29 is 0 Å². The van der Waals surface area contributed by atoms with E-state index >= 15 is 0 Å². The van der Waals surface area contributed by atoms with Crippen LogP contribution in [0.1, 0.15) is 37.7 Å². The number of aliphatic imine (C=N–C) groups is 1. The number of nitrogens with zero attached hydrogens (tertiary/aromatic N) is 4. The maximum atomic E-state index is 4.92. The Morgan fingerprint density at radius 3 is 2.59 bits per heavy atom. The van der Waals surface area contributed by atoms with Crippen LogP contribution in [0.3, 0.4) is 0 Å². The SMILES string of the molecule is CCNC(=NCCCCN1CCN(C)CC1)N1CCC(c2ccccc2)C1. The highest BCUT2D eigenvalue weighted by Crippen LogP contribution is 2.26. The fourth-order valence-electron chi connectivity index (χ4n) is 4.08. The topological polar surface area (TPSA) is 34.1 Å². The van der Waals surface area contributed by atoms with E-state index in [0.717, 1.165) is 32.1 Å². The van der Waals surface area contributed by atoms with Gasteiger partial charge in [-0.05, 0) is 45.3 Å². The molecule has 3 rings (SSSR count). The van der Waals surface area contributed by atoms with E-state index < -0.39 is 0 Å². The average Bonchev–Trinajstić information content (AvgIpc) is 3.19. The largest absolute Gasteiger partial charge is 0.357 e. The zero-order chi connectivity index (χ0) is 18.9. The zero-order valence-electron chi connectivity index (χ0n) is 17.2. The Hall–Kier alpha value is -1.59. The minimum atomic E-state index is 0.632. The van der Waals surface area contributed by atoms with E-state index in [1.165, 1.54) is 57.5 Å². The molecule has 1 atom stereocenters. The van der Waals surface area contributed by atoms with Gasteiger partial charge in [0.05, 0.1) is 0 Å². The lowest BCUT2D eigenvalue weighted by Crippen LogP contribution is -2.44. The second-order valence-electron chi connectivity index (χ2n) is 7.93. The van der Waals surface area contributed by atoms with E-state index in [1.807, 2.05) is 0 Å². The van der Waals surface area contributed by atoms with Gasteiger partial charge in [-0.1, -0.05) is 30.3 Å². The van der Waals surface area contributed by atoms with Gasteiger partial charge in [0.2, 0.25) is 0 Å². The fraction of sp³-hybridized carbons (Fsp3) is 0.682. The first-order chi connectivity index (χ1) is 13.3. The maximum absolute atomic E-state index is 4.92. The highest BCUT2D eigenvalue weighted by atomic mass is 15.3. The molecule has 2 fully saturated rings. The van der Waals surface area contributed by atoms with Gasteiger partial charge in [0, 0.05) is 58.3 Å². The molecular formula is C22H37N5. The predicted molar refractivity (Wildman–Crippen MR) is 115 cm³/mol. The van der Waals surface area contributed by atoms with Crippen LogP contribution in [0.25, 0.3) is 0 Å². The molecule has 0 aliphatic carbocycles. The monoisotopic (exact) mass is 371 g/mol. The number of hydrogen-bond donors (Lipinski definition) is 1. The van der Waals surface area contributed by atoms with E-state index in [2.05, 4.69) is 64.3 Å². The number of rotatable bonds is 7. The molecule has 1 aromatic rings. The third-order valence-corrected chi connectivity index (χ3v) is 5.83. The molecule has 1 aromatic carbocycles. The average molecular weight is 372 g/mol. The third-order valence-electron chi connectivity index (χ3n) is 5.83. The number of hydrogen-bond acceptors (Lipinski definition) is 3. The number of unbranched alkanes of at least 4 members (excludes halogenated alkanes) is 1. The molecule has 5 heteroatoms. The molecule has 2 aliphatic rings. The summed E-state index contributed by atoms with van der Waals surface area (Å²) < 4.78 is 0. The van der Waals surface area contributed by atoms with Crippen molar-refractivity contribution in [3.63, 3.8) is 0 Å². The molecule has 1 unspecified atom stereocenters. The molecule has 0 spiro atoms. The van der Waals surface area contributed by atoms with Crippen LogP contribution in [-0.4, -0.2) is 86.6 Å². The summed E-state index contributed by atoms with van der Waals surface area (Å²) in [5.41, 5.74) is 1.46. The van der Waals surface area contributed by atoms with E-state index in [4.69, 9.17) is 4.99 Å². The van der Waals surface area contributed by atoms with Crippen molar-refractivity contribution in [1.82, 2.24) is 20.0 Å². The lowest BCUT2D eigenvalue weighted by molar-refractivity contribution is 0.152. The Bertz CT molecular complexity index is 565. The van der Waals surface area contributed by atoms with Crippen LogP contribution in [0.4, 0.5) is 0 Å². The van der Waals surface area contributed by atoms with Crippen LogP contribution in [0, 0.1) is 0 Å². The van der Waals surface area contributed by atoms with Gasteiger partial charge in [0.1, 0.15) is 0 Å². The first-order valence-electron chi connectivity index (χ1n) is 10.8. The molecule has 1 N–H and O–H groups in total. The lowest BCUT2D eigenvalue weighted by Gasteiger charge is -2.32. The molecule has 0 saturated carbocycles. The molecule has 5 nitrogen and oxygen atoms in total. The Morgan fingerprint density at radius 1 is 1.07 bits per heavy atom. The third kappa shape index (κ3) is 6.22.